The van der Waals surface area contributed by atoms with Gasteiger partial charge in [0.25, 0.3) is 5.56 Å². The molecule has 2 aliphatic heterocycles. The molecule has 0 N–H and O–H groups in total. The molecule has 0 amide bonds. The van der Waals surface area contributed by atoms with Gasteiger partial charge in [0.2, 0.25) is 0 Å². The topological polar surface area (TPSA) is 73.7 Å². The lowest BCUT2D eigenvalue weighted by atomic mass is 9.65. The lowest BCUT2D eigenvalue weighted by Gasteiger charge is -2.55. The molecule has 0 spiro atoms. The van der Waals surface area contributed by atoms with Crippen molar-refractivity contribution >= 4 is 18.6 Å². The second-order valence-electron chi connectivity index (χ2n) is 13.1. The largest absolute Gasteiger partial charge is 0.331 e. The molecule has 2 saturated heterocycles. The molecule has 0 radical (unpaired) electrons. The fourth-order valence-electron chi connectivity index (χ4n) is 9.12. The highest BCUT2D eigenvalue weighted by atomic mass is 31.2. The van der Waals surface area contributed by atoms with E-state index in [4.69, 9.17) is 14.0 Å². The molecule has 7 nitrogen and oxygen atoms in total. The molecule has 3 unspecified atom stereocenters. The van der Waals surface area contributed by atoms with Gasteiger partial charge in [0.15, 0.2) is 0 Å². The van der Waals surface area contributed by atoms with Crippen molar-refractivity contribution in [1.29, 1.82) is 0 Å². The summed E-state index contributed by atoms with van der Waals surface area (Å²) in [5.41, 5.74) is 2.20. The Bertz CT molecular complexity index is 1250. The van der Waals surface area contributed by atoms with Crippen molar-refractivity contribution < 1.29 is 13.6 Å². The first-order valence-corrected chi connectivity index (χ1v) is 17.8. The number of hydrogen-bond acceptors (Lipinski definition) is 6. The first-order valence-electron chi connectivity index (χ1n) is 16.0. The van der Waals surface area contributed by atoms with Gasteiger partial charge in [-0.05, 0) is 102 Å². The molecule has 7 atom stereocenters. The molecular formula is C32H48N3O4P. The minimum atomic E-state index is -3.26. The molecule has 1 aromatic heterocycles. The molecule has 220 valence electrons. The smallest absolute Gasteiger partial charge is 0.309 e. The maximum atomic E-state index is 14.1. The van der Waals surface area contributed by atoms with Crippen LogP contribution in [0.3, 0.4) is 0 Å². The summed E-state index contributed by atoms with van der Waals surface area (Å²) < 4.78 is 26.2. The third-order valence-corrected chi connectivity index (χ3v) is 12.4. The fraction of sp³-hybridized carbons (Fsp3) is 0.750. The van der Waals surface area contributed by atoms with Gasteiger partial charge in [-0.3, -0.25) is 14.3 Å². The maximum absolute atomic E-state index is 14.1. The summed E-state index contributed by atoms with van der Waals surface area (Å²) in [7, 11) is -3.26. The predicted octanol–water partition coefficient (Wildman–Crippen LogP) is 6.98. The number of piperidine rings is 2. The zero-order chi connectivity index (χ0) is 27.9. The van der Waals surface area contributed by atoms with Gasteiger partial charge < -0.3 is 13.6 Å². The predicted molar refractivity (Wildman–Crippen MR) is 160 cm³/mol. The Kier molecular flexibility index (Phi) is 8.57. The number of rotatable bonds is 9. The molecule has 8 heteroatoms. The Morgan fingerprint density at radius 2 is 1.52 bits per heavy atom. The Labute approximate surface area is 239 Å². The van der Waals surface area contributed by atoms with E-state index in [0.717, 1.165) is 47.7 Å². The van der Waals surface area contributed by atoms with Crippen LogP contribution < -0.4 is 5.56 Å². The van der Waals surface area contributed by atoms with Gasteiger partial charge in [-0.25, -0.2) is 4.98 Å². The lowest BCUT2D eigenvalue weighted by molar-refractivity contribution is -0.0525. The Balaban J connectivity index is 1.27. The number of benzene rings is 1. The summed E-state index contributed by atoms with van der Waals surface area (Å²) in [4.78, 5) is 21.8. The van der Waals surface area contributed by atoms with Crippen molar-refractivity contribution in [2.75, 3.05) is 19.4 Å². The van der Waals surface area contributed by atoms with E-state index < -0.39 is 7.60 Å². The summed E-state index contributed by atoms with van der Waals surface area (Å²) in [6.07, 6.45) is 13.3. The van der Waals surface area contributed by atoms with Gasteiger partial charge in [0.05, 0.1) is 30.4 Å². The molecule has 2 aromatic rings. The molecule has 4 fully saturated rings. The molecule has 2 aliphatic carbocycles. The van der Waals surface area contributed by atoms with Gasteiger partial charge in [-0.1, -0.05) is 25.5 Å². The van der Waals surface area contributed by atoms with Crippen molar-refractivity contribution in [1.82, 2.24) is 14.5 Å². The molecule has 6 rings (SSSR count). The first-order chi connectivity index (χ1) is 19.4. The zero-order valence-corrected chi connectivity index (χ0v) is 25.6. The summed E-state index contributed by atoms with van der Waals surface area (Å²) in [6.45, 7) is 6.72. The number of nitrogens with zero attached hydrogens (tertiary/aromatic N) is 3. The van der Waals surface area contributed by atoms with Gasteiger partial charge in [-0.15, -0.1) is 0 Å². The quantitative estimate of drug-likeness (QED) is 0.304. The van der Waals surface area contributed by atoms with E-state index in [9.17, 15) is 9.36 Å². The van der Waals surface area contributed by atoms with Crippen LogP contribution in [0.1, 0.15) is 96.7 Å². The normalized spacial score (nSPS) is 32.8. The van der Waals surface area contributed by atoms with Gasteiger partial charge >= 0.3 is 7.60 Å². The molecule has 3 heterocycles. The number of aromatic nitrogens is 2. The van der Waals surface area contributed by atoms with Crippen molar-refractivity contribution in [2.45, 2.75) is 116 Å². The average molecular weight is 570 g/mol. The summed E-state index contributed by atoms with van der Waals surface area (Å²) in [5, 5.41) is 0. The zero-order valence-electron chi connectivity index (χ0n) is 24.7. The van der Waals surface area contributed by atoms with Crippen LogP contribution in [-0.4, -0.2) is 52.0 Å². The minimum Gasteiger partial charge on any atom is -0.309 e. The maximum Gasteiger partial charge on any atom is 0.331 e. The van der Waals surface area contributed by atoms with Crippen LogP contribution in [0.2, 0.25) is 0 Å². The van der Waals surface area contributed by atoms with Crippen LogP contribution in [0.25, 0.3) is 11.0 Å². The Morgan fingerprint density at radius 3 is 2.17 bits per heavy atom. The Morgan fingerprint density at radius 1 is 0.875 bits per heavy atom. The number of aryl methyl sites for hydroxylation is 1. The van der Waals surface area contributed by atoms with Crippen LogP contribution in [0.15, 0.2) is 29.1 Å². The monoisotopic (exact) mass is 569 g/mol. The van der Waals surface area contributed by atoms with Crippen molar-refractivity contribution in [2.24, 2.45) is 17.8 Å². The van der Waals surface area contributed by atoms with Crippen LogP contribution in [0.4, 0.5) is 0 Å². The molecule has 2 saturated carbocycles. The lowest BCUT2D eigenvalue weighted by Crippen LogP contribution is -2.59. The van der Waals surface area contributed by atoms with E-state index in [1.807, 2.05) is 38.1 Å². The number of para-hydroxylation sites is 2. The molecular weight excluding hydrogens is 521 g/mol. The SMILES string of the molecule is CCOP(=O)(CCc1nc2ccccc2n(C2C[C@H]3CCC[C@@H](C2)N3C2C[C@H]3CC(C)C[C@@H](C2)C3)c1=O)OCC. The van der Waals surface area contributed by atoms with E-state index in [2.05, 4.69) is 16.4 Å². The van der Waals surface area contributed by atoms with Gasteiger partial charge in [0, 0.05) is 30.6 Å². The third kappa shape index (κ3) is 5.73. The second-order valence-corrected chi connectivity index (χ2v) is 15.3. The van der Waals surface area contributed by atoms with Crippen LogP contribution >= 0.6 is 7.60 Å². The Hall–Kier alpha value is -1.53. The minimum absolute atomic E-state index is 0.0315. The molecule has 4 bridgehead atoms. The van der Waals surface area contributed by atoms with Gasteiger partial charge in [0.1, 0.15) is 5.69 Å². The van der Waals surface area contributed by atoms with Crippen LogP contribution in [-0.2, 0) is 20.0 Å². The van der Waals surface area contributed by atoms with E-state index in [1.165, 1.54) is 51.4 Å². The van der Waals surface area contributed by atoms with Crippen molar-refractivity contribution in [3.63, 3.8) is 0 Å². The van der Waals surface area contributed by atoms with E-state index in [0.29, 0.717) is 31.0 Å². The van der Waals surface area contributed by atoms with E-state index >= 15 is 0 Å². The third-order valence-electron chi connectivity index (χ3n) is 10.3. The summed E-state index contributed by atoms with van der Waals surface area (Å²) >= 11 is 0. The first kappa shape index (κ1) is 28.6. The fourth-order valence-corrected chi connectivity index (χ4v) is 10.7. The van der Waals surface area contributed by atoms with Crippen LogP contribution in [0.5, 0.6) is 0 Å². The molecule has 1 aromatic carbocycles. The standard InChI is InChI=1S/C32H48N3O4P/c1-4-38-40(37,39-5-2)14-13-30-32(36)35(31-12-7-6-11-29(31)33-30)28-20-25-9-8-10-26(21-28)34(25)27-18-23-15-22(3)16-24(17-23)19-27/h6-7,11-12,22-28H,4-5,8-10,13-21H2,1-3H3/t22?,23-,24+,25-,26+,27?,28?. The van der Waals surface area contributed by atoms with Crippen molar-refractivity contribution in [3.8, 4) is 0 Å². The van der Waals surface area contributed by atoms with Gasteiger partial charge in [-0.2, -0.15) is 0 Å². The van der Waals surface area contributed by atoms with E-state index in [1.54, 1.807) is 0 Å². The molecule has 40 heavy (non-hydrogen) atoms. The summed E-state index contributed by atoms with van der Waals surface area (Å²) in [5.74, 6) is 2.71. The molecule has 4 aliphatic rings. The highest BCUT2D eigenvalue weighted by Crippen LogP contribution is 2.49. The van der Waals surface area contributed by atoms with E-state index in [-0.39, 0.29) is 24.2 Å². The number of hydrogen-bond donors (Lipinski definition) is 0. The highest BCUT2D eigenvalue weighted by Gasteiger charge is 2.46. The summed E-state index contributed by atoms with van der Waals surface area (Å²) in [6, 6.07) is 10.0. The number of fused-ring (bicyclic) bond motifs is 5. The second kappa shape index (κ2) is 12.0. The van der Waals surface area contributed by atoms with Crippen molar-refractivity contribution in [3.05, 3.63) is 40.3 Å². The van der Waals surface area contributed by atoms with Crippen LogP contribution in [0, 0.1) is 17.8 Å². The highest BCUT2D eigenvalue weighted by molar-refractivity contribution is 7.53. The average Bonchev–Trinajstić information content (AvgIpc) is 2.91.